The molecule has 0 aromatic heterocycles. The summed E-state index contributed by atoms with van der Waals surface area (Å²) >= 11 is 0. The number of nitrogens with one attached hydrogen (secondary N) is 1. The molecule has 0 saturated heterocycles. The monoisotopic (exact) mass is 392 g/mol. The summed E-state index contributed by atoms with van der Waals surface area (Å²) in [6, 6.07) is 19.6. The molecule has 0 heterocycles. The van der Waals surface area contributed by atoms with Crippen molar-refractivity contribution >= 4 is 17.7 Å². The van der Waals surface area contributed by atoms with Gasteiger partial charge in [0.2, 0.25) is 5.91 Å². The Balaban J connectivity index is 2.16. The van der Waals surface area contributed by atoms with Crippen molar-refractivity contribution in [3.8, 4) is 6.07 Å². The van der Waals surface area contributed by atoms with E-state index in [-0.39, 0.29) is 25.0 Å². The van der Waals surface area contributed by atoms with Gasteiger partial charge in [-0.3, -0.25) is 9.59 Å². The molecule has 0 aliphatic rings. The van der Waals surface area contributed by atoms with E-state index >= 15 is 0 Å². The zero-order valence-corrected chi connectivity index (χ0v) is 16.3. The first-order chi connectivity index (χ1) is 14.0. The van der Waals surface area contributed by atoms with E-state index in [0.717, 1.165) is 11.1 Å². The molecule has 6 heteroatoms. The van der Waals surface area contributed by atoms with Crippen LogP contribution in [-0.2, 0) is 32.0 Å². The highest BCUT2D eigenvalue weighted by molar-refractivity contribution is 5.90. The summed E-state index contributed by atoms with van der Waals surface area (Å²) in [4.78, 5) is 37.2. The van der Waals surface area contributed by atoms with Gasteiger partial charge in [0.1, 0.15) is 11.8 Å². The number of carbonyl (C=O) groups excluding carboxylic acids is 3. The number of hydrogen-bond donors (Lipinski definition) is 1. The molecule has 150 valence electrons. The van der Waals surface area contributed by atoms with Gasteiger partial charge in [-0.25, -0.2) is 4.79 Å². The maximum Gasteiger partial charge on any atom is 0.328 e. The highest BCUT2D eigenvalue weighted by Gasteiger charge is 2.28. The number of methoxy groups -OCH3 is 1. The van der Waals surface area contributed by atoms with E-state index in [1.165, 1.54) is 7.11 Å². The maximum absolute atomic E-state index is 13.0. The van der Waals surface area contributed by atoms with Gasteiger partial charge in [-0.2, -0.15) is 5.26 Å². The Morgan fingerprint density at radius 2 is 1.52 bits per heavy atom. The molecule has 1 N–H and O–H groups in total. The number of nitrogens with zero attached hydrogens (tertiary/aromatic N) is 1. The lowest BCUT2D eigenvalue weighted by atomic mass is 9.92. The van der Waals surface area contributed by atoms with Gasteiger partial charge < -0.3 is 10.1 Å². The summed E-state index contributed by atoms with van der Waals surface area (Å²) in [5.74, 6) is -1.95. The molecule has 1 amide bonds. The fourth-order valence-electron chi connectivity index (χ4n) is 3.07. The Labute approximate surface area is 170 Å². The first-order valence-electron chi connectivity index (χ1n) is 9.38. The lowest BCUT2D eigenvalue weighted by Crippen LogP contribution is -2.46. The van der Waals surface area contributed by atoms with Gasteiger partial charge in [-0.1, -0.05) is 60.7 Å². The van der Waals surface area contributed by atoms with Gasteiger partial charge >= 0.3 is 5.97 Å². The van der Waals surface area contributed by atoms with Crippen LogP contribution in [-0.4, -0.2) is 30.8 Å². The van der Waals surface area contributed by atoms with Crippen LogP contribution in [0.3, 0.4) is 0 Å². The van der Waals surface area contributed by atoms with Crippen molar-refractivity contribution in [2.75, 3.05) is 7.11 Å². The van der Waals surface area contributed by atoms with E-state index in [1.54, 1.807) is 0 Å². The normalized spacial score (nSPS) is 12.3. The van der Waals surface area contributed by atoms with E-state index in [2.05, 4.69) is 5.32 Å². The zero-order chi connectivity index (χ0) is 21.1. The van der Waals surface area contributed by atoms with Crippen LogP contribution in [0.4, 0.5) is 0 Å². The van der Waals surface area contributed by atoms with E-state index in [1.807, 2.05) is 66.7 Å². The molecule has 0 bridgehead atoms. The van der Waals surface area contributed by atoms with Crippen molar-refractivity contribution in [2.45, 2.75) is 31.7 Å². The molecular weight excluding hydrogens is 368 g/mol. The van der Waals surface area contributed by atoms with E-state index in [9.17, 15) is 14.4 Å². The Bertz CT molecular complexity index is 859. The van der Waals surface area contributed by atoms with Crippen LogP contribution in [0.5, 0.6) is 0 Å². The van der Waals surface area contributed by atoms with Gasteiger partial charge in [0.25, 0.3) is 0 Å². The number of carbonyl (C=O) groups is 3. The molecule has 0 saturated carbocycles. The first kappa shape index (κ1) is 21.8. The van der Waals surface area contributed by atoms with Crippen molar-refractivity contribution in [1.82, 2.24) is 5.32 Å². The summed E-state index contributed by atoms with van der Waals surface area (Å²) in [7, 11) is 1.27. The van der Waals surface area contributed by atoms with Crippen molar-refractivity contribution in [3.05, 3.63) is 71.8 Å². The van der Waals surface area contributed by atoms with Gasteiger partial charge in [0.05, 0.1) is 19.6 Å². The Hall–Kier alpha value is -3.46. The number of ketones is 1. The van der Waals surface area contributed by atoms with Crippen LogP contribution in [0, 0.1) is 17.2 Å². The third-order valence-electron chi connectivity index (χ3n) is 4.53. The molecular formula is C23H24N2O4. The molecule has 29 heavy (non-hydrogen) atoms. The van der Waals surface area contributed by atoms with Crippen LogP contribution >= 0.6 is 0 Å². The average molecular weight is 392 g/mol. The molecule has 0 unspecified atom stereocenters. The van der Waals surface area contributed by atoms with Gasteiger partial charge in [0, 0.05) is 18.8 Å². The second kappa shape index (κ2) is 11.4. The zero-order valence-electron chi connectivity index (χ0n) is 16.3. The highest BCUT2D eigenvalue weighted by atomic mass is 16.5. The molecule has 0 fully saturated rings. The number of esters is 1. The van der Waals surface area contributed by atoms with Crippen molar-refractivity contribution in [1.29, 1.82) is 5.26 Å². The smallest absolute Gasteiger partial charge is 0.328 e. The summed E-state index contributed by atoms with van der Waals surface area (Å²) in [5.41, 5.74) is 1.78. The molecule has 2 aromatic carbocycles. The number of ether oxygens (including phenoxy) is 1. The lowest BCUT2D eigenvalue weighted by molar-refractivity contribution is -0.145. The Morgan fingerprint density at radius 3 is 2.03 bits per heavy atom. The average Bonchev–Trinajstić information content (AvgIpc) is 2.74. The standard InChI is InChI=1S/C23H24N2O4/c1-29-23(28)21(15-18-10-6-3-7-11-18)25-22(27)19(16-20(26)12-13-24)14-17-8-4-2-5-9-17/h2-11,19,21H,12,14-16H2,1H3,(H,25,27)/t19-,21+/m1/s1. The lowest BCUT2D eigenvalue weighted by Gasteiger charge is -2.21. The van der Waals surface area contributed by atoms with Crippen molar-refractivity contribution in [2.24, 2.45) is 5.92 Å². The number of hydrogen-bond acceptors (Lipinski definition) is 5. The third-order valence-corrected chi connectivity index (χ3v) is 4.53. The van der Waals surface area contributed by atoms with Gasteiger partial charge in [-0.15, -0.1) is 0 Å². The van der Waals surface area contributed by atoms with E-state index in [4.69, 9.17) is 10.00 Å². The molecule has 0 spiro atoms. The number of Topliss-reactive ketones (excluding diaryl/α,β-unsaturated/α-hetero) is 1. The Kier molecular flexibility index (Phi) is 8.58. The summed E-state index contributed by atoms with van der Waals surface area (Å²) in [6.45, 7) is 0. The van der Waals surface area contributed by atoms with Crippen LogP contribution in [0.1, 0.15) is 24.0 Å². The SMILES string of the molecule is COC(=O)[C@H](Cc1ccccc1)NC(=O)[C@@H](CC(=O)CC#N)Cc1ccccc1. The molecule has 0 aliphatic heterocycles. The second-order valence-electron chi connectivity index (χ2n) is 6.74. The van der Waals surface area contributed by atoms with Crippen LogP contribution in [0.15, 0.2) is 60.7 Å². The van der Waals surface area contributed by atoms with E-state index in [0.29, 0.717) is 6.42 Å². The Morgan fingerprint density at radius 1 is 0.966 bits per heavy atom. The predicted octanol–water partition coefficient (Wildman–Crippen LogP) is 2.62. The molecule has 0 radical (unpaired) electrons. The van der Waals surface area contributed by atoms with Crippen LogP contribution in [0.25, 0.3) is 0 Å². The van der Waals surface area contributed by atoms with Crippen LogP contribution < -0.4 is 5.32 Å². The minimum Gasteiger partial charge on any atom is -0.467 e. The topological polar surface area (TPSA) is 96.3 Å². The quantitative estimate of drug-likeness (QED) is 0.627. The van der Waals surface area contributed by atoms with Crippen molar-refractivity contribution in [3.63, 3.8) is 0 Å². The summed E-state index contributed by atoms with van der Waals surface area (Å²) in [5, 5.41) is 11.5. The highest BCUT2D eigenvalue weighted by Crippen LogP contribution is 2.15. The fraction of sp³-hybridized carbons (Fsp3) is 0.304. The van der Waals surface area contributed by atoms with Gasteiger partial charge in [-0.05, 0) is 17.5 Å². The number of amides is 1. The second-order valence-corrected chi connectivity index (χ2v) is 6.74. The molecule has 6 nitrogen and oxygen atoms in total. The molecule has 2 aromatic rings. The van der Waals surface area contributed by atoms with Crippen LogP contribution in [0.2, 0.25) is 0 Å². The number of rotatable bonds is 10. The molecule has 0 aliphatic carbocycles. The summed E-state index contributed by atoms with van der Waals surface area (Å²) < 4.78 is 4.84. The van der Waals surface area contributed by atoms with Crippen molar-refractivity contribution < 1.29 is 19.1 Å². The molecule has 2 rings (SSSR count). The predicted molar refractivity (Wildman–Crippen MR) is 108 cm³/mol. The van der Waals surface area contributed by atoms with Gasteiger partial charge in [0.15, 0.2) is 0 Å². The molecule has 2 atom stereocenters. The number of nitriles is 1. The summed E-state index contributed by atoms with van der Waals surface area (Å²) in [6.07, 6.45) is 0.309. The first-order valence-corrected chi connectivity index (χ1v) is 9.38. The number of benzene rings is 2. The maximum atomic E-state index is 13.0. The largest absolute Gasteiger partial charge is 0.467 e. The minimum absolute atomic E-state index is 0.0620. The third kappa shape index (κ3) is 7.23. The van der Waals surface area contributed by atoms with E-state index < -0.39 is 23.8 Å². The fourth-order valence-corrected chi connectivity index (χ4v) is 3.07. The minimum atomic E-state index is -0.862.